The zero-order valence-corrected chi connectivity index (χ0v) is 14.4. The summed E-state index contributed by atoms with van der Waals surface area (Å²) in [7, 11) is 3.19. The second kappa shape index (κ2) is 7.53. The molecule has 6 nitrogen and oxygen atoms in total. The Morgan fingerprint density at radius 1 is 1.24 bits per heavy atom. The summed E-state index contributed by atoms with van der Waals surface area (Å²) in [5.41, 5.74) is 1.64. The number of hydrogen-bond donors (Lipinski definition) is 1. The summed E-state index contributed by atoms with van der Waals surface area (Å²) in [6, 6.07) is 11.0. The molecule has 0 unspecified atom stereocenters. The molecular formula is C19H22N2O4. The van der Waals surface area contributed by atoms with Crippen molar-refractivity contribution in [3.63, 3.8) is 0 Å². The van der Waals surface area contributed by atoms with Crippen molar-refractivity contribution in [1.82, 2.24) is 9.88 Å². The Balaban J connectivity index is 1.76. The van der Waals surface area contributed by atoms with Gasteiger partial charge in [-0.25, -0.2) is 0 Å². The first-order chi connectivity index (χ1) is 12.1. The van der Waals surface area contributed by atoms with E-state index in [9.17, 15) is 9.90 Å². The van der Waals surface area contributed by atoms with Gasteiger partial charge in [0.1, 0.15) is 11.5 Å². The van der Waals surface area contributed by atoms with E-state index in [1.807, 2.05) is 24.3 Å². The number of ether oxygens (including phenoxy) is 2. The SMILES string of the molecule is COc1ccc(CC(=O)N2C[C@@H](O)C[C@H]2c2cccc(OC)c2)nc1. The smallest absolute Gasteiger partial charge is 0.229 e. The number of aliphatic hydroxyl groups is 1. The molecule has 1 aromatic heterocycles. The number of likely N-dealkylation sites (tertiary alicyclic amines) is 1. The Labute approximate surface area is 147 Å². The van der Waals surface area contributed by atoms with Crippen molar-refractivity contribution in [2.75, 3.05) is 20.8 Å². The molecule has 1 saturated heterocycles. The number of hydrogen-bond acceptors (Lipinski definition) is 5. The number of rotatable bonds is 5. The summed E-state index contributed by atoms with van der Waals surface area (Å²) in [4.78, 5) is 18.7. The van der Waals surface area contributed by atoms with Gasteiger partial charge in [-0.1, -0.05) is 12.1 Å². The number of carbonyl (C=O) groups excluding carboxylic acids is 1. The van der Waals surface area contributed by atoms with Crippen LogP contribution in [0.3, 0.4) is 0 Å². The van der Waals surface area contributed by atoms with Crippen LogP contribution < -0.4 is 9.47 Å². The molecule has 1 fully saturated rings. The van der Waals surface area contributed by atoms with E-state index in [0.717, 1.165) is 11.3 Å². The van der Waals surface area contributed by atoms with Crippen molar-refractivity contribution in [3.05, 3.63) is 53.9 Å². The molecule has 2 heterocycles. The number of aliphatic hydroxyl groups excluding tert-OH is 1. The standard InChI is InChI=1S/C19H22N2O4/c1-24-16-5-3-4-13(8-16)18-10-15(22)12-21(18)19(23)9-14-6-7-17(25-2)11-20-14/h3-8,11,15,18,22H,9-10,12H2,1-2H3/t15-,18-/m0/s1. The minimum absolute atomic E-state index is 0.0537. The molecule has 132 valence electrons. The van der Waals surface area contributed by atoms with Gasteiger partial charge in [-0.2, -0.15) is 0 Å². The van der Waals surface area contributed by atoms with Crippen LogP contribution in [0, 0.1) is 0 Å². The zero-order valence-electron chi connectivity index (χ0n) is 14.4. The highest BCUT2D eigenvalue weighted by Crippen LogP contribution is 2.34. The third-order valence-corrected chi connectivity index (χ3v) is 4.44. The van der Waals surface area contributed by atoms with Gasteiger partial charge in [0.15, 0.2) is 0 Å². The first-order valence-electron chi connectivity index (χ1n) is 8.21. The van der Waals surface area contributed by atoms with Crippen molar-refractivity contribution in [2.24, 2.45) is 0 Å². The lowest BCUT2D eigenvalue weighted by Crippen LogP contribution is -2.33. The minimum Gasteiger partial charge on any atom is -0.497 e. The molecule has 2 atom stereocenters. The Morgan fingerprint density at radius 2 is 2.04 bits per heavy atom. The van der Waals surface area contributed by atoms with Crippen LogP contribution in [0.1, 0.15) is 23.7 Å². The van der Waals surface area contributed by atoms with Crippen molar-refractivity contribution >= 4 is 5.91 Å². The third kappa shape index (κ3) is 3.91. The van der Waals surface area contributed by atoms with Gasteiger partial charge in [0.05, 0.1) is 39.0 Å². The van der Waals surface area contributed by atoms with Crippen LogP contribution in [-0.2, 0) is 11.2 Å². The molecule has 2 aromatic rings. The fourth-order valence-corrected chi connectivity index (χ4v) is 3.15. The summed E-state index contributed by atoms with van der Waals surface area (Å²) in [5, 5.41) is 10.1. The van der Waals surface area contributed by atoms with E-state index in [0.29, 0.717) is 24.4 Å². The Morgan fingerprint density at radius 3 is 2.72 bits per heavy atom. The summed E-state index contributed by atoms with van der Waals surface area (Å²) in [6.07, 6.45) is 1.79. The molecule has 1 N–H and O–H groups in total. The average molecular weight is 342 g/mol. The van der Waals surface area contributed by atoms with E-state index in [1.165, 1.54) is 0 Å². The fourth-order valence-electron chi connectivity index (χ4n) is 3.15. The van der Waals surface area contributed by atoms with Gasteiger partial charge in [-0.05, 0) is 36.2 Å². The number of nitrogens with zero attached hydrogens (tertiary/aromatic N) is 2. The van der Waals surface area contributed by atoms with Crippen molar-refractivity contribution in [1.29, 1.82) is 0 Å². The number of pyridine rings is 1. The van der Waals surface area contributed by atoms with Gasteiger partial charge in [0, 0.05) is 12.2 Å². The number of β-amino-alcohol motifs (C(OH)–C–C–N with tert-alkyl or cyclic N) is 1. The normalized spacial score (nSPS) is 19.7. The van der Waals surface area contributed by atoms with Crippen LogP contribution in [0.5, 0.6) is 11.5 Å². The van der Waals surface area contributed by atoms with Crippen molar-refractivity contribution in [3.8, 4) is 11.5 Å². The predicted octanol–water partition coefficient (Wildman–Crippen LogP) is 1.98. The molecule has 1 aliphatic heterocycles. The molecule has 1 amide bonds. The molecule has 25 heavy (non-hydrogen) atoms. The average Bonchev–Trinajstić information content (AvgIpc) is 3.04. The van der Waals surface area contributed by atoms with E-state index in [-0.39, 0.29) is 18.4 Å². The summed E-state index contributed by atoms with van der Waals surface area (Å²) in [5.74, 6) is 1.34. The molecule has 0 saturated carbocycles. The van der Waals surface area contributed by atoms with Gasteiger partial charge in [-0.3, -0.25) is 9.78 Å². The molecular weight excluding hydrogens is 320 g/mol. The van der Waals surface area contributed by atoms with Gasteiger partial charge < -0.3 is 19.5 Å². The topological polar surface area (TPSA) is 71.9 Å². The largest absolute Gasteiger partial charge is 0.497 e. The molecule has 6 heteroatoms. The Kier molecular flexibility index (Phi) is 5.19. The lowest BCUT2D eigenvalue weighted by atomic mass is 10.0. The van der Waals surface area contributed by atoms with E-state index < -0.39 is 6.10 Å². The van der Waals surface area contributed by atoms with Crippen LogP contribution >= 0.6 is 0 Å². The molecule has 0 aliphatic carbocycles. The highest BCUT2D eigenvalue weighted by molar-refractivity contribution is 5.79. The number of methoxy groups -OCH3 is 2. The van der Waals surface area contributed by atoms with Gasteiger partial charge in [-0.15, -0.1) is 0 Å². The molecule has 0 radical (unpaired) electrons. The molecule has 1 aliphatic rings. The third-order valence-electron chi connectivity index (χ3n) is 4.44. The maximum Gasteiger partial charge on any atom is 0.229 e. The summed E-state index contributed by atoms with van der Waals surface area (Å²) in [6.45, 7) is 0.330. The first-order valence-corrected chi connectivity index (χ1v) is 8.21. The van der Waals surface area contributed by atoms with Gasteiger partial charge in [0.25, 0.3) is 0 Å². The maximum absolute atomic E-state index is 12.8. The highest BCUT2D eigenvalue weighted by atomic mass is 16.5. The van der Waals surface area contributed by atoms with E-state index in [2.05, 4.69) is 4.98 Å². The monoisotopic (exact) mass is 342 g/mol. The fraction of sp³-hybridized carbons (Fsp3) is 0.368. The minimum atomic E-state index is -0.524. The zero-order chi connectivity index (χ0) is 17.8. The van der Waals surface area contributed by atoms with Crippen LogP contribution in [0.4, 0.5) is 0 Å². The number of amides is 1. The van der Waals surface area contributed by atoms with Gasteiger partial charge in [0.2, 0.25) is 5.91 Å². The van der Waals surface area contributed by atoms with Crippen molar-refractivity contribution in [2.45, 2.75) is 25.0 Å². The van der Waals surface area contributed by atoms with Crippen LogP contribution in [0.25, 0.3) is 0 Å². The quantitative estimate of drug-likeness (QED) is 0.899. The van der Waals surface area contributed by atoms with E-state index in [1.54, 1.807) is 37.4 Å². The van der Waals surface area contributed by atoms with Crippen molar-refractivity contribution < 1.29 is 19.4 Å². The number of carbonyl (C=O) groups is 1. The second-order valence-corrected chi connectivity index (χ2v) is 6.09. The van der Waals surface area contributed by atoms with Gasteiger partial charge >= 0.3 is 0 Å². The first kappa shape index (κ1) is 17.2. The highest BCUT2D eigenvalue weighted by Gasteiger charge is 2.35. The van der Waals surface area contributed by atoms with Crippen LogP contribution in [0.2, 0.25) is 0 Å². The molecule has 0 spiro atoms. The Hall–Kier alpha value is -2.60. The number of benzene rings is 1. The van der Waals surface area contributed by atoms with Crippen LogP contribution in [-0.4, -0.2) is 47.8 Å². The lowest BCUT2D eigenvalue weighted by Gasteiger charge is -2.25. The molecule has 1 aromatic carbocycles. The predicted molar refractivity (Wildman–Crippen MR) is 92.6 cm³/mol. The second-order valence-electron chi connectivity index (χ2n) is 6.09. The van der Waals surface area contributed by atoms with E-state index in [4.69, 9.17) is 9.47 Å². The number of aromatic nitrogens is 1. The van der Waals surface area contributed by atoms with Crippen LogP contribution in [0.15, 0.2) is 42.6 Å². The van der Waals surface area contributed by atoms with E-state index >= 15 is 0 Å². The Bertz CT molecular complexity index is 732. The summed E-state index contributed by atoms with van der Waals surface area (Å²) < 4.78 is 10.3. The lowest BCUT2D eigenvalue weighted by molar-refractivity contribution is -0.131. The molecule has 0 bridgehead atoms. The maximum atomic E-state index is 12.8. The molecule has 3 rings (SSSR count). The summed E-state index contributed by atoms with van der Waals surface area (Å²) >= 11 is 0.